The van der Waals surface area contributed by atoms with E-state index in [1.54, 1.807) is 0 Å². The summed E-state index contributed by atoms with van der Waals surface area (Å²) in [6, 6.07) is 2.14. The second-order valence-corrected chi connectivity index (χ2v) is 5.94. The van der Waals surface area contributed by atoms with Gasteiger partial charge in [0.15, 0.2) is 0 Å². The van der Waals surface area contributed by atoms with Gasteiger partial charge < -0.3 is 5.73 Å². The summed E-state index contributed by atoms with van der Waals surface area (Å²) in [7, 11) is 0. The lowest BCUT2D eigenvalue weighted by atomic mass is 9.70. The van der Waals surface area contributed by atoms with E-state index in [1.807, 2.05) is 0 Å². The summed E-state index contributed by atoms with van der Waals surface area (Å²) in [6.45, 7) is 4.22. The molecule has 1 aliphatic carbocycles. The van der Waals surface area contributed by atoms with Crippen LogP contribution in [0, 0.1) is 35.0 Å². The van der Waals surface area contributed by atoms with Crippen LogP contribution in [0.2, 0.25) is 0 Å². The Hall–Kier alpha value is -1.04. The number of rotatable bonds is 4. The molecule has 0 radical (unpaired) electrons. The fraction of sp³-hybridized carbons (Fsp3) is 0.867. The summed E-state index contributed by atoms with van der Waals surface area (Å²) < 4.78 is 0. The third-order valence-corrected chi connectivity index (χ3v) is 4.29. The molecule has 2 unspecified atom stereocenters. The monoisotopic (exact) mass is 250 g/mol. The maximum absolute atomic E-state index is 11.5. The van der Waals surface area contributed by atoms with Gasteiger partial charge in [-0.1, -0.05) is 58.8 Å². The predicted octanol–water partition coefficient (Wildman–Crippen LogP) is 3.24. The second kappa shape index (κ2) is 7.41. The molecule has 3 nitrogen and oxygen atoms in total. The van der Waals surface area contributed by atoms with Gasteiger partial charge in [0.05, 0.1) is 6.07 Å². The Kier molecular flexibility index (Phi) is 6.18. The zero-order valence-corrected chi connectivity index (χ0v) is 11.7. The average Bonchev–Trinajstić information content (AvgIpc) is 2.25. The summed E-state index contributed by atoms with van der Waals surface area (Å²) in [4.78, 5) is 11.5. The van der Waals surface area contributed by atoms with Crippen LogP contribution < -0.4 is 5.73 Å². The first-order valence-corrected chi connectivity index (χ1v) is 7.26. The lowest BCUT2D eigenvalue weighted by Gasteiger charge is -2.33. The Balaban J connectivity index is 2.81. The molecule has 0 aromatic heterocycles. The number of carbonyl (C=O) groups excluding carboxylic acids is 1. The molecule has 18 heavy (non-hydrogen) atoms. The molecule has 0 spiro atoms. The molecular weight excluding hydrogens is 224 g/mol. The van der Waals surface area contributed by atoms with Gasteiger partial charge in [-0.2, -0.15) is 5.26 Å². The topological polar surface area (TPSA) is 66.9 Å². The van der Waals surface area contributed by atoms with Crippen LogP contribution in [-0.2, 0) is 4.79 Å². The van der Waals surface area contributed by atoms with Crippen LogP contribution in [0.4, 0.5) is 0 Å². The lowest BCUT2D eigenvalue weighted by Crippen LogP contribution is -2.36. The van der Waals surface area contributed by atoms with Crippen molar-refractivity contribution in [1.29, 1.82) is 5.26 Å². The first-order valence-electron chi connectivity index (χ1n) is 7.26. The van der Waals surface area contributed by atoms with Crippen molar-refractivity contribution >= 4 is 5.91 Å². The number of primary amides is 1. The van der Waals surface area contributed by atoms with Gasteiger partial charge in [0.2, 0.25) is 5.91 Å². The normalized spacial score (nSPS) is 21.7. The molecule has 1 rings (SSSR count). The van der Waals surface area contributed by atoms with Crippen LogP contribution in [0.5, 0.6) is 0 Å². The molecule has 0 bridgehead atoms. The van der Waals surface area contributed by atoms with E-state index >= 15 is 0 Å². The predicted molar refractivity (Wildman–Crippen MR) is 72.4 cm³/mol. The van der Waals surface area contributed by atoms with E-state index in [9.17, 15) is 10.1 Å². The first kappa shape index (κ1) is 15.0. The van der Waals surface area contributed by atoms with Gasteiger partial charge in [0.1, 0.15) is 5.92 Å². The van der Waals surface area contributed by atoms with Crippen molar-refractivity contribution in [3.63, 3.8) is 0 Å². The quantitative estimate of drug-likeness (QED) is 0.832. The Labute approximate surface area is 111 Å². The highest BCUT2D eigenvalue weighted by atomic mass is 16.1. The van der Waals surface area contributed by atoms with E-state index < -0.39 is 11.8 Å². The Morgan fingerprint density at radius 1 is 1.17 bits per heavy atom. The number of hydrogen-bond acceptors (Lipinski definition) is 2. The van der Waals surface area contributed by atoms with Gasteiger partial charge >= 0.3 is 0 Å². The van der Waals surface area contributed by atoms with Gasteiger partial charge in [0, 0.05) is 0 Å². The molecule has 2 atom stereocenters. The molecule has 1 aliphatic rings. The summed E-state index contributed by atoms with van der Waals surface area (Å²) in [5, 5.41) is 9.22. The molecule has 0 saturated heterocycles. The highest BCUT2D eigenvalue weighted by molar-refractivity contribution is 5.79. The van der Waals surface area contributed by atoms with Crippen molar-refractivity contribution in [3.8, 4) is 6.07 Å². The molecule has 0 aromatic rings. The average molecular weight is 250 g/mol. The van der Waals surface area contributed by atoms with Crippen molar-refractivity contribution in [1.82, 2.24) is 0 Å². The number of hydrogen-bond donors (Lipinski definition) is 1. The number of nitrogens with two attached hydrogens (primary N) is 1. The fourth-order valence-electron chi connectivity index (χ4n) is 3.41. The highest BCUT2D eigenvalue weighted by Crippen LogP contribution is 2.36. The summed E-state index contributed by atoms with van der Waals surface area (Å²) in [5.74, 6) is -0.104. The minimum atomic E-state index is -0.616. The minimum Gasteiger partial charge on any atom is -0.369 e. The van der Waals surface area contributed by atoms with Crippen LogP contribution in [0.15, 0.2) is 0 Å². The number of amides is 1. The Morgan fingerprint density at radius 2 is 1.67 bits per heavy atom. The molecule has 0 aromatic carbocycles. The molecule has 102 valence electrons. The van der Waals surface area contributed by atoms with E-state index in [2.05, 4.69) is 19.9 Å². The number of carbonyl (C=O) groups is 1. The van der Waals surface area contributed by atoms with Crippen molar-refractivity contribution in [2.45, 2.75) is 58.8 Å². The van der Waals surface area contributed by atoms with E-state index in [0.29, 0.717) is 11.8 Å². The summed E-state index contributed by atoms with van der Waals surface area (Å²) in [5.41, 5.74) is 5.40. The molecule has 0 heterocycles. The molecular formula is C15H26N2O. The van der Waals surface area contributed by atoms with Crippen molar-refractivity contribution in [2.75, 3.05) is 0 Å². The van der Waals surface area contributed by atoms with Crippen LogP contribution >= 0.6 is 0 Å². The van der Waals surface area contributed by atoms with E-state index in [4.69, 9.17) is 5.73 Å². The fourth-order valence-corrected chi connectivity index (χ4v) is 3.41. The lowest BCUT2D eigenvalue weighted by molar-refractivity contribution is -0.122. The van der Waals surface area contributed by atoms with E-state index in [1.165, 1.54) is 32.1 Å². The zero-order valence-electron chi connectivity index (χ0n) is 11.7. The summed E-state index contributed by atoms with van der Waals surface area (Å²) in [6.07, 6.45) is 8.65. The van der Waals surface area contributed by atoms with Crippen molar-refractivity contribution in [2.24, 2.45) is 29.4 Å². The highest BCUT2D eigenvalue weighted by Gasteiger charge is 2.35. The standard InChI is InChI=1S/C15H26N2O/c1-11(2)14(13(10-16)15(17)18)12-8-6-4-3-5-7-9-12/h11-14H,3-9H2,1-2H3,(H2,17,18). The Morgan fingerprint density at radius 3 is 2.06 bits per heavy atom. The molecule has 1 fully saturated rings. The SMILES string of the molecule is CC(C)C(C1CCCCCCC1)C(C#N)C(N)=O. The maximum Gasteiger partial charge on any atom is 0.235 e. The van der Waals surface area contributed by atoms with Gasteiger partial charge in [-0.25, -0.2) is 0 Å². The van der Waals surface area contributed by atoms with Gasteiger partial charge in [-0.05, 0) is 17.8 Å². The van der Waals surface area contributed by atoms with Crippen molar-refractivity contribution < 1.29 is 4.79 Å². The zero-order chi connectivity index (χ0) is 13.5. The number of nitriles is 1. The molecule has 1 saturated carbocycles. The van der Waals surface area contributed by atoms with Crippen LogP contribution in [0.3, 0.4) is 0 Å². The van der Waals surface area contributed by atoms with Crippen LogP contribution in [-0.4, -0.2) is 5.91 Å². The van der Waals surface area contributed by atoms with Gasteiger partial charge in [-0.15, -0.1) is 0 Å². The minimum absolute atomic E-state index is 0.130. The largest absolute Gasteiger partial charge is 0.369 e. The molecule has 1 amide bonds. The first-order chi connectivity index (χ1) is 8.57. The third kappa shape index (κ3) is 4.01. The number of nitrogens with zero attached hydrogens (tertiary/aromatic N) is 1. The Bertz CT molecular complexity index is 298. The van der Waals surface area contributed by atoms with Gasteiger partial charge in [0.25, 0.3) is 0 Å². The third-order valence-electron chi connectivity index (χ3n) is 4.29. The molecule has 3 heteroatoms. The van der Waals surface area contributed by atoms with Gasteiger partial charge in [-0.3, -0.25) is 4.79 Å². The van der Waals surface area contributed by atoms with Crippen LogP contribution in [0.25, 0.3) is 0 Å². The van der Waals surface area contributed by atoms with Crippen LogP contribution in [0.1, 0.15) is 58.8 Å². The molecule has 2 N–H and O–H groups in total. The smallest absolute Gasteiger partial charge is 0.235 e. The maximum atomic E-state index is 11.5. The van der Waals surface area contributed by atoms with E-state index in [0.717, 1.165) is 12.8 Å². The van der Waals surface area contributed by atoms with E-state index in [-0.39, 0.29) is 5.92 Å². The molecule has 0 aliphatic heterocycles. The summed E-state index contributed by atoms with van der Waals surface area (Å²) >= 11 is 0. The second-order valence-electron chi connectivity index (χ2n) is 5.94. The van der Waals surface area contributed by atoms with Crippen molar-refractivity contribution in [3.05, 3.63) is 0 Å².